The molecule has 6 nitrogen and oxygen atoms in total. The summed E-state index contributed by atoms with van der Waals surface area (Å²) in [5.41, 5.74) is 2.68. The van der Waals surface area contributed by atoms with E-state index >= 15 is 0 Å². The molecule has 0 aromatic heterocycles. The maximum atomic E-state index is 14.4. The standard InChI is InChI=1S/C30H28Cl2N2O4/c1-20(21-10-14-24(31)15-11-21)34-27(35)19-26(22-7-3-2-4-8-22)33(18-6-5-9-28(36)37)30(38)29(34)23-12-16-25(32)17-13-23/h2-4,7-8,10-17,19-20,29H,5-6,9,18H2,1H3,(H,36,37)/t20-,29+/m1/s1. The van der Waals surface area contributed by atoms with Gasteiger partial charge in [-0.3, -0.25) is 14.4 Å². The SMILES string of the molecule is C[C@H](c1ccc(Cl)cc1)N1C(=O)C=C(c2ccccc2)N(CCCCC(=O)O)C(=O)[C@@H]1c1ccc(Cl)cc1. The molecule has 0 radical (unpaired) electrons. The highest BCUT2D eigenvalue weighted by Gasteiger charge is 2.41. The first-order valence-electron chi connectivity index (χ1n) is 12.4. The first kappa shape index (κ1) is 27.4. The highest BCUT2D eigenvalue weighted by atomic mass is 35.5. The monoisotopic (exact) mass is 550 g/mol. The Morgan fingerprint density at radius 1 is 0.895 bits per heavy atom. The van der Waals surface area contributed by atoms with Gasteiger partial charge in [0.05, 0.1) is 11.7 Å². The van der Waals surface area contributed by atoms with Gasteiger partial charge >= 0.3 is 5.97 Å². The maximum Gasteiger partial charge on any atom is 0.303 e. The molecule has 3 aromatic carbocycles. The van der Waals surface area contributed by atoms with Gasteiger partial charge < -0.3 is 14.9 Å². The van der Waals surface area contributed by atoms with Crippen LogP contribution in [0.25, 0.3) is 5.70 Å². The average Bonchev–Trinajstić information content (AvgIpc) is 3.01. The molecule has 2 amide bonds. The van der Waals surface area contributed by atoms with Gasteiger partial charge in [0.1, 0.15) is 6.04 Å². The fourth-order valence-corrected chi connectivity index (χ4v) is 4.92. The summed E-state index contributed by atoms with van der Waals surface area (Å²) >= 11 is 12.3. The number of benzene rings is 3. The Morgan fingerprint density at radius 2 is 1.50 bits per heavy atom. The van der Waals surface area contributed by atoms with Gasteiger partial charge in [0, 0.05) is 29.1 Å². The second-order valence-corrected chi connectivity index (χ2v) is 10.0. The molecule has 1 N–H and O–H groups in total. The molecule has 0 aliphatic carbocycles. The minimum absolute atomic E-state index is 0.00564. The van der Waals surface area contributed by atoms with Crippen LogP contribution in [0.5, 0.6) is 0 Å². The number of nitrogens with zero attached hydrogens (tertiary/aromatic N) is 2. The number of amides is 2. The summed E-state index contributed by atoms with van der Waals surface area (Å²) in [7, 11) is 0. The maximum absolute atomic E-state index is 14.4. The molecule has 1 aliphatic heterocycles. The van der Waals surface area contributed by atoms with Crippen LogP contribution in [0.4, 0.5) is 0 Å². The number of carbonyl (C=O) groups excluding carboxylic acids is 2. The molecule has 1 aliphatic rings. The van der Waals surface area contributed by atoms with Crippen molar-refractivity contribution in [2.75, 3.05) is 6.54 Å². The number of carboxylic acid groups (broad SMARTS) is 1. The average molecular weight is 551 g/mol. The molecule has 4 rings (SSSR count). The molecule has 0 saturated carbocycles. The lowest BCUT2D eigenvalue weighted by atomic mass is 9.99. The quantitative estimate of drug-likeness (QED) is 0.298. The molecule has 8 heteroatoms. The molecule has 196 valence electrons. The molecule has 0 fully saturated rings. The molecule has 1 heterocycles. The number of aliphatic carboxylic acids is 1. The number of rotatable bonds is 9. The van der Waals surface area contributed by atoms with E-state index in [4.69, 9.17) is 28.3 Å². The van der Waals surface area contributed by atoms with E-state index in [9.17, 15) is 14.4 Å². The van der Waals surface area contributed by atoms with Crippen molar-refractivity contribution >= 4 is 46.7 Å². The fourth-order valence-electron chi connectivity index (χ4n) is 4.67. The number of hydrogen-bond acceptors (Lipinski definition) is 3. The Balaban J connectivity index is 1.83. The van der Waals surface area contributed by atoms with Crippen LogP contribution in [-0.2, 0) is 14.4 Å². The van der Waals surface area contributed by atoms with E-state index in [0.717, 1.165) is 11.1 Å². The minimum Gasteiger partial charge on any atom is -0.481 e. The van der Waals surface area contributed by atoms with Gasteiger partial charge in [-0.1, -0.05) is 77.8 Å². The lowest BCUT2D eigenvalue weighted by molar-refractivity contribution is -0.142. The normalized spacial score (nSPS) is 16.7. The van der Waals surface area contributed by atoms with E-state index < -0.39 is 18.1 Å². The molecule has 2 atom stereocenters. The molecule has 0 spiro atoms. The largest absolute Gasteiger partial charge is 0.481 e. The smallest absolute Gasteiger partial charge is 0.303 e. The van der Waals surface area contributed by atoms with Crippen molar-refractivity contribution in [3.8, 4) is 0 Å². The topological polar surface area (TPSA) is 77.9 Å². The minimum atomic E-state index is -0.928. The summed E-state index contributed by atoms with van der Waals surface area (Å²) in [6.07, 6.45) is 2.39. The second kappa shape index (κ2) is 12.3. The Morgan fingerprint density at radius 3 is 2.11 bits per heavy atom. The summed E-state index contributed by atoms with van der Waals surface area (Å²) in [6, 6.07) is 22.0. The van der Waals surface area contributed by atoms with E-state index in [1.165, 1.54) is 6.08 Å². The van der Waals surface area contributed by atoms with E-state index in [2.05, 4.69) is 0 Å². The number of carbonyl (C=O) groups is 3. The Hall–Kier alpha value is -3.61. The summed E-state index contributed by atoms with van der Waals surface area (Å²) in [5, 5.41) is 10.2. The Labute approximate surface area is 232 Å². The third-order valence-corrected chi connectivity index (χ3v) is 7.13. The second-order valence-electron chi connectivity index (χ2n) is 9.16. The molecular weight excluding hydrogens is 523 g/mol. The van der Waals surface area contributed by atoms with Crippen LogP contribution in [0.15, 0.2) is 84.9 Å². The zero-order chi connectivity index (χ0) is 27.2. The number of carboxylic acids is 1. The summed E-state index contributed by atoms with van der Waals surface area (Å²) < 4.78 is 0. The molecule has 0 saturated heterocycles. The Bertz CT molecular complexity index is 1320. The first-order valence-corrected chi connectivity index (χ1v) is 13.2. The number of halogens is 2. The van der Waals surface area contributed by atoms with Crippen LogP contribution >= 0.6 is 23.2 Å². The van der Waals surface area contributed by atoms with Gasteiger partial charge in [0.15, 0.2) is 0 Å². The summed E-state index contributed by atoms with van der Waals surface area (Å²) in [6.45, 7) is 2.16. The lowest BCUT2D eigenvalue weighted by Gasteiger charge is -2.36. The highest BCUT2D eigenvalue weighted by molar-refractivity contribution is 6.30. The Kier molecular flexibility index (Phi) is 8.87. The van der Waals surface area contributed by atoms with Crippen molar-refractivity contribution in [2.45, 2.75) is 38.3 Å². The number of hydrogen-bond donors (Lipinski definition) is 1. The van der Waals surface area contributed by atoms with Crippen LogP contribution in [0, 0.1) is 0 Å². The molecule has 0 unspecified atom stereocenters. The van der Waals surface area contributed by atoms with E-state index in [0.29, 0.717) is 34.1 Å². The van der Waals surface area contributed by atoms with Gasteiger partial charge in [0.2, 0.25) is 5.91 Å². The zero-order valence-corrected chi connectivity index (χ0v) is 22.4. The van der Waals surface area contributed by atoms with Crippen LogP contribution in [-0.4, -0.2) is 39.2 Å². The summed E-state index contributed by atoms with van der Waals surface area (Å²) in [5.74, 6) is -1.47. The van der Waals surface area contributed by atoms with E-state index in [1.807, 2.05) is 49.4 Å². The van der Waals surface area contributed by atoms with Gasteiger partial charge in [-0.05, 0) is 60.7 Å². The highest BCUT2D eigenvalue weighted by Crippen LogP contribution is 2.38. The zero-order valence-electron chi connectivity index (χ0n) is 20.9. The van der Waals surface area contributed by atoms with Gasteiger partial charge in [0.25, 0.3) is 5.91 Å². The summed E-state index contributed by atoms with van der Waals surface area (Å²) in [4.78, 5) is 42.7. The molecule has 38 heavy (non-hydrogen) atoms. The van der Waals surface area contributed by atoms with Crippen molar-refractivity contribution in [3.05, 3.63) is 112 Å². The predicted molar refractivity (Wildman–Crippen MR) is 149 cm³/mol. The van der Waals surface area contributed by atoms with Crippen molar-refractivity contribution in [1.82, 2.24) is 9.80 Å². The van der Waals surface area contributed by atoms with Crippen LogP contribution < -0.4 is 0 Å². The van der Waals surface area contributed by atoms with Gasteiger partial charge in [-0.2, -0.15) is 0 Å². The molecule has 0 bridgehead atoms. The van der Waals surface area contributed by atoms with Crippen molar-refractivity contribution in [2.24, 2.45) is 0 Å². The van der Waals surface area contributed by atoms with E-state index in [1.54, 1.807) is 46.2 Å². The fraction of sp³-hybridized carbons (Fsp3) is 0.233. The molecule has 3 aromatic rings. The molecular formula is C30H28Cl2N2O4. The number of unbranched alkanes of at least 4 members (excludes halogenated alkanes) is 1. The third kappa shape index (κ3) is 6.26. The predicted octanol–water partition coefficient (Wildman–Crippen LogP) is 6.76. The van der Waals surface area contributed by atoms with Crippen molar-refractivity contribution in [3.63, 3.8) is 0 Å². The third-order valence-electron chi connectivity index (χ3n) is 6.63. The van der Waals surface area contributed by atoms with Gasteiger partial charge in [-0.25, -0.2) is 0 Å². The first-order chi connectivity index (χ1) is 18.3. The van der Waals surface area contributed by atoms with Crippen LogP contribution in [0.3, 0.4) is 0 Å². The van der Waals surface area contributed by atoms with Crippen molar-refractivity contribution < 1.29 is 19.5 Å². The lowest BCUT2D eigenvalue weighted by Crippen LogP contribution is -2.43. The van der Waals surface area contributed by atoms with E-state index in [-0.39, 0.29) is 24.8 Å². The van der Waals surface area contributed by atoms with Crippen LogP contribution in [0.2, 0.25) is 10.0 Å². The van der Waals surface area contributed by atoms with Crippen molar-refractivity contribution in [1.29, 1.82) is 0 Å². The van der Waals surface area contributed by atoms with Crippen LogP contribution in [0.1, 0.15) is 55.0 Å². The van der Waals surface area contributed by atoms with Gasteiger partial charge in [-0.15, -0.1) is 0 Å².